The van der Waals surface area contributed by atoms with E-state index < -0.39 is 0 Å². The van der Waals surface area contributed by atoms with Crippen LogP contribution in [0.1, 0.15) is 13.8 Å². The predicted molar refractivity (Wildman–Crippen MR) is 38.8 cm³/mol. The Balaban J connectivity index is 3.35. The first kappa shape index (κ1) is 7.22. The Hall–Kier alpha value is -0.780. The fourth-order valence-corrected chi connectivity index (χ4v) is 0.351. The summed E-state index contributed by atoms with van der Waals surface area (Å²) in [5.74, 6) is 0. The van der Waals surface area contributed by atoms with Gasteiger partial charge in [-0.15, -0.1) is 0 Å². The molecule has 0 heterocycles. The van der Waals surface area contributed by atoms with Crippen LogP contribution >= 0.6 is 0 Å². The SMILES string of the molecule is C\C=C/C=C\C=C\C. The monoisotopic (exact) mass is 108 g/mol. The molecular weight excluding hydrogens is 96.1 g/mol. The van der Waals surface area contributed by atoms with E-state index in [0.29, 0.717) is 0 Å². The average molecular weight is 108 g/mol. The van der Waals surface area contributed by atoms with Crippen molar-refractivity contribution < 1.29 is 0 Å². The van der Waals surface area contributed by atoms with Crippen LogP contribution in [0.5, 0.6) is 0 Å². The van der Waals surface area contributed by atoms with Gasteiger partial charge in [0.15, 0.2) is 0 Å². The maximum atomic E-state index is 2.00. The van der Waals surface area contributed by atoms with Crippen LogP contribution in [-0.4, -0.2) is 0 Å². The first-order valence-corrected chi connectivity index (χ1v) is 2.82. The first-order valence-electron chi connectivity index (χ1n) is 2.82. The van der Waals surface area contributed by atoms with E-state index >= 15 is 0 Å². The van der Waals surface area contributed by atoms with Gasteiger partial charge < -0.3 is 0 Å². The van der Waals surface area contributed by atoms with Crippen molar-refractivity contribution in [3.63, 3.8) is 0 Å². The van der Waals surface area contributed by atoms with Crippen LogP contribution in [0.3, 0.4) is 0 Å². The molecule has 0 amide bonds. The first-order chi connectivity index (χ1) is 3.91. The number of hydrogen-bond donors (Lipinski definition) is 0. The zero-order valence-corrected chi connectivity index (χ0v) is 5.46. The van der Waals surface area contributed by atoms with Crippen LogP contribution in [0.4, 0.5) is 0 Å². The third-order valence-electron chi connectivity index (χ3n) is 0.718. The van der Waals surface area contributed by atoms with E-state index in [4.69, 9.17) is 0 Å². The van der Waals surface area contributed by atoms with Crippen LogP contribution in [0.15, 0.2) is 36.5 Å². The number of hydrogen-bond acceptors (Lipinski definition) is 0. The Labute approximate surface area is 51.2 Å². The highest BCUT2D eigenvalue weighted by Gasteiger charge is 1.55. The van der Waals surface area contributed by atoms with Gasteiger partial charge in [-0.05, 0) is 13.8 Å². The van der Waals surface area contributed by atoms with Gasteiger partial charge in [0.2, 0.25) is 0 Å². The molecule has 44 valence electrons. The summed E-state index contributed by atoms with van der Waals surface area (Å²) in [4.78, 5) is 0. The highest BCUT2D eigenvalue weighted by atomic mass is 13.6. The lowest BCUT2D eigenvalue weighted by Crippen LogP contribution is -1.46. The van der Waals surface area contributed by atoms with Gasteiger partial charge in [0, 0.05) is 0 Å². The molecule has 0 atom stereocenters. The molecule has 0 aliphatic rings. The molecule has 0 unspecified atom stereocenters. The predicted octanol–water partition coefficient (Wildman–Crippen LogP) is 2.69. The fraction of sp³-hybridized carbons (Fsp3) is 0.250. The van der Waals surface area contributed by atoms with Crippen molar-refractivity contribution in [3.05, 3.63) is 36.5 Å². The molecule has 0 aromatic carbocycles. The second-order valence-corrected chi connectivity index (χ2v) is 1.44. The van der Waals surface area contributed by atoms with Crippen molar-refractivity contribution in [2.24, 2.45) is 0 Å². The highest BCUT2D eigenvalue weighted by molar-refractivity contribution is 5.09. The van der Waals surface area contributed by atoms with Gasteiger partial charge in [-0.1, -0.05) is 36.5 Å². The lowest BCUT2D eigenvalue weighted by molar-refractivity contribution is 1.71. The average Bonchev–Trinajstić information content (AvgIpc) is 1.81. The summed E-state index contributed by atoms with van der Waals surface area (Å²) in [6.07, 6.45) is 12.0. The van der Waals surface area contributed by atoms with E-state index in [2.05, 4.69) is 0 Å². The lowest BCUT2D eigenvalue weighted by Gasteiger charge is -1.68. The molecular formula is C8H12. The third-order valence-corrected chi connectivity index (χ3v) is 0.718. The van der Waals surface area contributed by atoms with Gasteiger partial charge in [-0.3, -0.25) is 0 Å². The maximum absolute atomic E-state index is 2.00. The molecule has 0 aliphatic carbocycles. The molecule has 0 bridgehead atoms. The fourth-order valence-electron chi connectivity index (χ4n) is 0.351. The highest BCUT2D eigenvalue weighted by Crippen LogP contribution is 1.77. The second kappa shape index (κ2) is 6.22. The summed E-state index contributed by atoms with van der Waals surface area (Å²) in [7, 11) is 0. The molecule has 0 radical (unpaired) electrons. The zero-order valence-electron chi connectivity index (χ0n) is 5.46. The molecule has 0 aliphatic heterocycles. The van der Waals surface area contributed by atoms with Gasteiger partial charge in [-0.2, -0.15) is 0 Å². The van der Waals surface area contributed by atoms with Crippen molar-refractivity contribution in [1.29, 1.82) is 0 Å². The Bertz CT molecular complexity index is 91.2. The minimum atomic E-state index is 2.00. The summed E-state index contributed by atoms with van der Waals surface area (Å²) in [6.45, 7) is 4.00. The van der Waals surface area contributed by atoms with E-state index in [1.807, 2.05) is 50.3 Å². The second-order valence-electron chi connectivity index (χ2n) is 1.44. The van der Waals surface area contributed by atoms with Crippen LogP contribution in [-0.2, 0) is 0 Å². The molecule has 0 spiro atoms. The molecule has 0 aromatic rings. The molecule has 0 N–H and O–H groups in total. The minimum absolute atomic E-state index is 2.00. The molecule has 0 nitrogen and oxygen atoms in total. The van der Waals surface area contributed by atoms with Crippen molar-refractivity contribution in [2.75, 3.05) is 0 Å². The molecule has 0 fully saturated rings. The van der Waals surface area contributed by atoms with Gasteiger partial charge in [-0.25, -0.2) is 0 Å². The summed E-state index contributed by atoms with van der Waals surface area (Å²) < 4.78 is 0. The number of allylic oxidation sites excluding steroid dienone is 6. The Kier molecular flexibility index (Phi) is 5.61. The van der Waals surface area contributed by atoms with Crippen LogP contribution in [0.25, 0.3) is 0 Å². The standard InChI is InChI=1S/C8H12/c1-3-5-7-8-6-4-2/h3-8H,1-2H3/b5-3-,6-4+,8-7-. The number of rotatable bonds is 2. The van der Waals surface area contributed by atoms with E-state index in [1.54, 1.807) is 0 Å². The summed E-state index contributed by atoms with van der Waals surface area (Å²) in [6, 6.07) is 0. The minimum Gasteiger partial charge on any atom is -0.0877 e. The summed E-state index contributed by atoms with van der Waals surface area (Å²) in [5.41, 5.74) is 0. The normalized spacial score (nSPS) is 12.8. The smallest absolute Gasteiger partial charge is 0.0467 e. The zero-order chi connectivity index (χ0) is 6.24. The quantitative estimate of drug-likeness (QED) is 0.477. The van der Waals surface area contributed by atoms with Crippen LogP contribution in [0.2, 0.25) is 0 Å². The summed E-state index contributed by atoms with van der Waals surface area (Å²) >= 11 is 0. The van der Waals surface area contributed by atoms with Crippen molar-refractivity contribution in [3.8, 4) is 0 Å². The summed E-state index contributed by atoms with van der Waals surface area (Å²) in [5, 5.41) is 0. The molecule has 0 aromatic heterocycles. The molecule has 0 saturated carbocycles. The van der Waals surface area contributed by atoms with E-state index in [0.717, 1.165) is 0 Å². The van der Waals surface area contributed by atoms with Gasteiger partial charge >= 0.3 is 0 Å². The Morgan fingerprint density at radius 2 is 1.00 bits per heavy atom. The third kappa shape index (κ3) is 5.22. The van der Waals surface area contributed by atoms with Crippen molar-refractivity contribution >= 4 is 0 Å². The van der Waals surface area contributed by atoms with E-state index in [9.17, 15) is 0 Å². The topological polar surface area (TPSA) is 0 Å². The lowest BCUT2D eigenvalue weighted by atomic mass is 10.4. The van der Waals surface area contributed by atoms with Crippen LogP contribution < -0.4 is 0 Å². The van der Waals surface area contributed by atoms with Crippen LogP contribution in [0, 0.1) is 0 Å². The maximum Gasteiger partial charge on any atom is -0.0467 e. The molecule has 0 heteroatoms. The molecule has 0 saturated heterocycles. The Morgan fingerprint density at radius 1 is 0.625 bits per heavy atom. The van der Waals surface area contributed by atoms with Gasteiger partial charge in [0.25, 0.3) is 0 Å². The van der Waals surface area contributed by atoms with E-state index in [1.165, 1.54) is 0 Å². The largest absolute Gasteiger partial charge is 0.0877 e. The van der Waals surface area contributed by atoms with Gasteiger partial charge in [0.05, 0.1) is 0 Å². The van der Waals surface area contributed by atoms with E-state index in [-0.39, 0.29) is 0 Å². The molecule has 8 heavy (non-hydrogen) atoms. The Morgan fingerprint density at radius 3 is 1.25 bits per heavy atom. The van der Waals surface area contributed by atoms with Crippen molar-refractivity contribution in [1.82, 2.24) is 0 Å². The molecule has 0 rings (SSSR count). The van der Waals surface area contributed by atoms with Gasteiger partial charge in [0.1, 0.15) is 0 Å². The van der Waals surface area contributed by atoms with Crippen molar-refractivity contribution in [2.45, 2.75) is 13.8 Å².